The quantitative estimate of drug-likeness (QED) is 0.498. The van der Waals surface area contributed by atoms with Crippen molar-refractivity contribution in [2.24, 2.45) is 0 Å². The molecule has 9 heteroatoms. The Morgan fingerprint density at radius 2 is 1.93 bits per heavy atom. The molecule has 0 spiro atoms. The molecule has 0 aliphatic carbocycles. The number of aromatic nitrogens is 3. The van der Waals surface area contributed by atoms with Crippen molar-refractivity contribution in [2.75, 3.05) is 5.75 Å². The van der Waals surface area contributed by atoms with E-state index in [4.69, 9.17) is 34.8 Å². The minimum Gasteiger partial charge on any atom is -0.349 e. The standard InChI is InChI=1S/C19H17Cl3N4OS/c1-11-3-5-14(8-16(11)21)26-10-23-25-19(26)28-9-18(27)24-12(2)13-4-6-15(20)17(22)7-13/h3-8,10,12H,9H2,1-2H3,(H,24,27). The van der Waals surface area contributed by atoms with Crippen LogP contribution in [-0.4, -0.2) is 26.4 Å². The Labute approximate surface area is 182 Å². The first-order valence-electron chi connectivity index (χ1n) is 8.39. The Balaban J connectivity index is 1.63. The lowest BCUT2D eigenvalue weighted by molar-refractivity contribution is -0.119. The zero-order chi connectivity index (χ0) is 20.3. The number of amides is 1. The van der Waals surface area contributed by atoms with E-state index in [9.17, 15) is 4.79 Å². The van der Waals surface area contributed by atoms with Crippen LogP contribution < -0.4 is 5.32 Å². The molecular weight excluding hydrogens is 439 g/mol. The molecule has 146 valence electrons. The maximum Gasteiger partial charge on any atom is 0.230 e. The van der Waals surface area contributed by atoms with E-state index >= 15 is 0 Å². The van der Waals surface area contributed by atoms with Crippen LogP contribution in [0, 0.1) is 6.92 Å². The van der Waals surface area contributed by atoms with Gasteiger partial charge in [0.25, 0.3) is 0 Å². The molecule has 1 heterocycles. The highest BCUT2D eigenvalue weighted by Gasteiger charge is 2.14. The van der Waals surface area contributed by atoms with Gasteiger partial charge in [0.2, 0.25) is 5.91 Å². The van der Waals surface area contributed by atoms with E-state index in [-0.39, 0.29) is 17.7 Å². The number of rotatable bonds is 6. The van der Waals surface area contributed by atoms with Crippen LogP contribution in [0.3, 0.4) is 0 Å². The van der Waals surface area contributed by atoms with E-state index < -0.39 is 0 Å². The second-order valence-electron chi connectivity index (χ2n) is 6.17. The summed E-state index contributed by atoms with van der Waals surface area (Å²) in [6.07, 6.45) is 1.60. The van der Waals surface area contributed by atoms with Crippen molar-refractivity contribution >= 4 is 52.5 Å². The van der Waals surface area contributed by atoms with Crippen LogP contribution in [0.2, 0.25) is 15.1 Å². The molecule has 0 bridgehead atoms. The number of aryl methyl sites for hydroxylation is 1. The predicted octanol–water partition coefficient (Wildman–Crippen LogP) is 5.51. The second-order valence-corrected chi connectivity index (χ2v) is 8.33. The van der Waals surface area contributed by atoms with Gasteiger partial charge >= 0.3 is 0 Å². The second kappa shape index (κ2) is 9.18. The minimum absolute atomic E-state index is 0.125. The lowest BCUT2D eigenvalue weighted by Crippen LogP contribution is -2.28. The fourth-order valence-electron chi connectivity index (χ4n) is 2.51. The maximum absolute atomic E-state index is 12.4. The summed E-state index contributed by atoms with van der Waals surface area (Å²) in [5, 5.41) is 13.2. The summed E-state index contributed by atoms with van der Waals surface area (Å²) < 4.78 is 1.80. The highest BCUT2D eigenvalue weighted by atomic mass is 35.5. The van der Waals surface area contributed by atoms with Crippen molar-refractivity contribution in [1.82, 2.24) is 20.1 Å². The number of hydrogen-bond donors (Lipinski definition) is 1. The monoisotopic (exact) mass is 454 g/mol. The maximum atomic E-state index is 12.4. The van der Waals surface area contributed by atoms with Crippen molar-refractivity contribution in [1.29, 1.82) is 0 Å². The molecule has 2 aromatic carbocycles. The molecular formula is C19H17Cl3N4OS. The largest absolute Gasteiger partial charge is 0.349 e. The fraction of sp³-hybridized carbons (Fsp3) is 0.211. The third-order valence-electron chi connectivity index (χ3n) is 4.10. The van der Waals surface area contributed by atoms with Crippen molar-refractivity contribution in [3.05, 3.63) is 68.9 Å². The number of carbonyl (C=O) groups is 1. The summed E-state index contributed by atoms with van der Waals surface area (Å²) in [6.45, 7) is 3.83. The SMILES string of the molecule is Cc1ccc(-n2cnnc2SCC(=O)NC(C)c2ccc(Cl)c(Cl)c2)cc1Cl. The molecule has 1 amide bonds. The number of halogens is 3. The van der Waals surface area contributed by atoms with Crippen LogP contribution in [0.4, 0.5) is 0 Å². The lowest BCUT2D eigenvalue weighted by atomic mass is 10.1. The molecule has 1 aromatic heterocycles. The van der Waals surface area contributed by atoms with Gasteiger partial charge in [0.1, 0.15) is 6.33 Å². The smallest absolute Gasteiger partial charge is 0.230 e. The van der Waals surface area contributed by atoms with Crippen molar-refractivity contribution < 1.29 is 4.79 Å². The molecule has 0 saturated heterocycles. The zero-order valence-electron chi connectivity index (χ0n) is 15.1. The van der Waals surface area contributed by atoms with Gasteiger partial charge in [0.15, 0.2) is 5.16 Å². The van der Waals surface area contributed by atoms with Crippen molar-refractivity contribution in [3.63, 3.8) is 0 Å². The molecule has 5 nitrogen and oxygen atoms in total. The van der Waals surface area contributed by atoms with Gasteiger partial charge in [-0.1, -0.05) is 58.7 Å². The van der Waals surface area contributed by atoms with E-state index in [0.717, 1.165) is 16.8 Å². The van der Waals surface area contributed by atoms with E-state index in [1.165, 1.54) is 11.8 Å². The first-order chi connectivity index (χ1) is 13.3. The van der Waals surface area contributed by atoms with Crippen LogP contribution in [0.25, 0.3) is 5.69 Å². The zero-order valence-corrected chi connectivity index (χ0v) is 18.2. The molecule has 0 aliphatic heterocycles. The number of nitrogens with one attached hydrogen (secondary N) is 1. The number of hydrogen-bond acceptors (Lipinski definition) is 4. The molecule has 0 aliphatic rings. The van der Waals surface area contributed by atoms with Gasteiger partial charge < -0.3 is 5.32 Å². The van der Waals surface area contributed by atoms with E-state index in [2.05, 4.69) is 15.5 Å². The third kappa shape index (κ3) is 5.00. The summed E-state index contributed by atoms with van der Waals surface area (Å²) in [5.41, 5.74) is 2.71. The summed E-state index contributed by atoms with van der Waals surface area (Å²) in [7, 11) is 0. The van der Waals surface area contributed by atoms with Gasteiger partial charge in [0, 0.05) is 5.02 Å². The molecule has 0 fully saturated rings. The molecule has 0 radical (unpaired) electrons. The Kier molecular flexibility index (Phi) is 6.88. The van der Waals surface area contributed by atoms with Gasteiger partial charge in [-0.05, 0) is 49.2 Å². The van der Waals surface area contributed by atoms with Gasteiger partial charge in [0.05, 0.1) is 27.5 Å². The molecule has 1 unspecified atom stereocenters. The average Bonchev–Trinajstić information content (AvgIpc) is 3.13. The highest BCUT2D eigenvalue weighted by Crippen LogP contribution is 2.26. The highest BCUT2D eigenvalue weighted by molar-refractivity contribution is 7.99. The van der Waals surface area contributed by atoms with Crippen LogP contribution in [-0.2, 0) is 4.79 Å². The summed E-state index contributed by atoms with van der Waals surface area (Å²) in [4.78, 5) is 12.4. The minimum atomic E-state index is -0.198. The molecule has 1 atom stereocenters. The molecule has 3 aromatic rings. The lowest BCUT2D eigenvalue weighted by Gasteiger charge is -2.15. The number of benzene rings is 2. The van der Waals surface area contributed by atoms with Crippen LogP contribution in [0.15, 0.2) is 47.9 Å². The molecule has 28 heavy (non-hydrogen) atoms. The van der Waals surface area contributed by atoms with Crippen LogP contribution in [0.1, 0.15) is 24.1 Å². The predicted molar refractivity (Wildman–Crippen MR) is 115 cm³/mol. The first-order valence-corrected chi connectivity index (χ1v) is 10.5. The first kappa shape index (κ1) is 21.0. The van der Waals surface area contributed by atoms with E-state index in [1.807, 2.05) is 38.1 Å². The van der Waals surface area contributed by atoms with E-state index in [1.54, 1.807) is 23.0 Å². The van der Waals surface area contributed by atoms with Crippen LogP contribution >= 0.6 is 46.6 Å². The number of nitrogens with zero attached hydrogens (tertiary/aromatic N) is 3. The van der Waals surface area contributed by atoms with Gasteiger partial charge in [-0.25, -0.2) is 0 Å². The van der Waals surface area contributed by atoms with Gasteiger partial charge in [-0.15, -0.1) is 10.2 Å². The number of thioether (sulfide) groups is 1. The van der Waals surface area contributed by atoms with Crippen LogP contribution in [0.5, 0.6) is 0 Å². The average molecular weight is 456 g/mol. The Bertz CT molecular complexity index is 1010. The Morgan fingerprint density at radius 3 is 2.64 bits per heavy atom. The topological polar surface area (TPSA) is 59.8 Å². The third-order valence-corrected chi connectivity index (χ3v) is 6.19. The summed E-state index contributed by atoms with van der Waals surface area (Å²) in [6, 6.07) is 10.8. The Morgan fingerprint density at radius 1 is 1.14 bits per heavy atom. The van der Waals surface area contributed by atoms with Gasteiger partial charge in [-0.3, -0.25) is 9.36 Å². The summed E-state index contributed by atoms with van der Waals surface area (Å²) in [5.74, 6) is 0.0734. The van der Waals surface area contributed by atoms with E-state index in [0.29, 0.717) is 20.2 Å². The molecule has 0 saturated carbocycles. The normalized spacial score (nSPS) is 12.0. The van der Waals surface area contributed by atoms with Crippen molar-refractivity contribution in [2.45, 2.75) is 25.0 Å². The Hall–Kier alpha value is -1.73. The van der Waals surface area contributed by atoms with Crippen molar-refractivity contribution in [3.8, 4) is 5.69 Å². The summed E-state index contributed by atoms with van der Waals surface area (Å²) >= 11 is 19.5. The van der Waals surface area contributed by atoms with Gasteiger partial charge in [-0.2, -0.15) is 0 Å². The number of carbonyl (C=O) groups excluding carboxylic acids is 1. The molecule has 1 N–H and O–H groups in total. The fourth-order valence-corrected chi connectivity index (χ4v) is 3.73. The molecule has 3 rings (SSSR count).